The third kappa shape index (κ3) is 3.87. The average Bonchev–Trinajstić information content (AvgIpc) is 2.58. The number of ether oxygens (including phenoxy) is 1. The van der Waals surface area contributed by atoms with Crippen molar-refractivity contribution in [2.75, 3.05) is 25.0 Å². The fourth-order valence-corrected chi connectivity index (χ4v) is 2.72. The van der Waals surface area contributed by atoms with Crippen LogP contribution in [0.5, 0.6) is 0 Å². The quantitative estimate of drug-likeness (QED) is 0.831. The molecule has 0 saturated carbocycles. The van der Waals surface area contributed by atoms with Crippen molar-refractivity contribution in [2.45, 2.75) is 19.4 Å². The standard InChI is InChI=1S/C18H21N3O2/c1-13-5-4-8-16(21-13)19-10-11-20-18(22)17-15-7-3-2-6-14(15)9-12-23-17/h2-8,17H,9-12H2,1H3,(H,19,21)(H,20,22). The summed E-state index contributed by atoms with van der Waals surface area (Å²) in [6.45, 7) is 3.68. The molecule has 23 heavy (non-hydrogen) atoms. The van der Waals surface area contributed by atoms with Gasteiger partial charge < -0.3 is 15.4 Å². The van der Waals surface area contributed by atoms with Crippen LogP contribution in [-0.4, -0.2) is 30.6 Å². The van der Waals surface area contributed by atoms with Crippen LogP contribution in [0.1, 0.15) is 22.9 Å². The van der Waals surface area contributed by atoms with Gasteiger partial charge in [0.15, 0.2) is 6.10 Å². The van der Waals surface area contributed by atoms with E-state index in [0.717, 1.165) is 23.5 Å². The van der Waals surface area contributed by atoms with Gasteiger partial charge in [-0.2, -0.15) is 0 Å². The van der Waals surface area contributed by atoms with E-state index in [4.69, 9.17) is 4.74 Å². The molecule has 120 valence electrons. The minimum absolute atomic E-state index is 0.0869. The third-order valence-electron chi connectivity index (χ3n) is 3.85. The number of pyridine rings is 1. The first-order valence-electron chi connectivity index (χ1n) is 7.89. The molecule has 0 fully saturated rings. The van der Waals surface area contributed by atoms with Crippen molar-refractivity contribution >= 4 is 11.7 Å². The first kappa shape index (κ1) is 15.5. The fourth-order valence-electron chi connectivity index (χ4n) is 2.72. The summed E-state index contributed by atoms with van der Waals surface area (Å²) in [5.41, 5.74) is 3.14. The predicted octanol–water partition coefficient (Wildman–Crippen LogP) is 2.23. The SMILES string of the molecule is Cc1cccc(NCCNC(=O)C2OCCc3ccccc32)n1. The molecule has 1 aliphatic rings. The van der Waals surface area contributed by atoms with Gasteiger partial charge in [0.05, 0.1) is 6.61 Å². The number of anilines is 1. The summed E-state index contributed by atoms with van der Waals surface area (Å²) in [4.78, 5) is 16.7. The molecule has 0 radical (unpaired) electrons. The number of benzene rings is 1. The molecule has 0 bridgehead atoms. The summed E-state index contributed by atoms with van der Waals surface area (Å²) < 4.78 is 5.65. The van der Waals surface area contributed by atoms with Crippen molar-refractivity contribution in [3.8, 4) is 0 Å². The van der Waals surface area contributed by atoms with Crippen molar-refractivity contribution in [1.82, 2.24) is 10.3 Å². The van der Waals surface area contributed by atoms with E-state index < -0.39 is 6.10 Å². The first-order valence-corrected chi connectivity index (χ1v) is 7.89. The van der Waals surface area contributed by atoms with E-state index in [-0.39, 0.29) is 5.91 Å². The zero-order valence-electron chi connectivity index (χ0n) is 13.2. The number of aryl methyl sites for hydroxylation is 1. The summed E-state index contributed by atoms with van der Waals surface area (Å²) >= 11 is 0. The molecule has 1 aromatic carbocycles. The van der Waals surface area contributed by atoms with Gasteiger partial charge in [0.25, 0.3) is 5.91 Å². The summed E-state index contributed by atoms with van der Waals surface area (Å²) in [5, 5.41) is 6.12. The van der Waals surface area contributed by atoms with Gasteiger partial charge in [0, 0.05) is 18.8 Å². The molecule has 1 atom stereocenters. The van der Waals surface area contributed by atoms with Crippen molar-refractivity contribution in [3.63, 3.8) is 0 Å². The van der Waals surface area contributed by atoms with Gasteiger partial charge in [-0.15, -0.1) is 0 Å². The lowest BCUT2D eigenvalue weighted by molar-refractivity contribution is -0.134. The Bertz CT molecular complexity index is 687. The highest BCUT2D eigenvalue weighted by atomic mass is 16.5. The Kier molecular flexibility index (Phi) is 4.88. The second kappa shape index (κ2) is 7.24. The topological polar surface area (TPSA) is 63.2 Å². The molecule has 2 heterocycles. The molecule has 0 saturated heterocycles. The second-order valence-corrected chi connectivity index (χ2v) is 5.58. The summed E-state index contributed by atoms with van der Waals surface area (Å²) in [6, 6.07) is 13.8. The molecule has 5 nitrogen and oxygen atoms in total. The molecule has 0 spiro atoms. The Hall–Kier alpha value is -2.40. The van der Waals surface area contributed by atoms with Crippen molar-refractivity contribution in [3.05, 3.63) is 59.3 Å². The van der Waals surface area contributed by atoms with Gasteiger partial charge >= 0.3 is 0 Å². The summed E-state index contributed by atoms with van der Waals surface area (Å²) in [5.74, 6) is 0.731. The molecule has 1 amide bonds. The molecule has 5 heteroatoms. The molecule has 0 aliphatic carbocycles. The van der Waals surface area contributed by atoms with Crippen LogP contribution in [-0.2, 0) is 16.0 Å². The van der Waals surface area contributed by atoms with Crippen LogP contribution in [0.2, 0.25) is 0 Å². The molecule has 2 N–H and O–H groups in total. The lowest BCUT2D eigenvalue weighted by Gasteiger charge is -2.25. The maximum atomic E-state index is 12.3. The van der Waals surface area contributed by atoms with Gasteiger partial charge in [-0.25, -0.2) is 4.98 Å². The predicted molar refractivity (Wildman–Crippen MR) is 89.3 cm³/mol. The van der Waals surface area contributed by atoms with Gasteiger partial charge in [-0.05, 0) is 36.6 Å². The maximum Gasteiger partial charge on any atom is 0.253 e. The molecule has 1 aromatic heterocycles. The monoisotopic (exact) mass is 311 g/mol. The molecule has 1 unspecified atom stereocenters. The molecule has 2 aromatic rings. The van der Waals surface area contributed by atoms with Crippen LogP contribution >= 0.6 is 0 Å². The molecular formula is C18H21N3O2. The second-order valence-electron chi connectivity index (χ2n) is 5.58. The number of fused-ring (bicyclic) bond motifs is 1. The zero-order valence-corrected chi connectivity index (χ0v) is 13.2. The number of hydrogen-bond donors (Lipinski definition) is 2. The van der Waals surface area contributed by atoms with Crippen LogP contribution in [0.15, 0.2) is 42.5 Å². The lowest BCUT2D eigenvalue weighted by atomic mass is 9.97. The van der Waals surface area contributed by atoms with E-state index in [1.54, 1.807) is 0 Å². The maximum absolute atomic E-state index is 12.3. The largest absolute Gasteiger partial charge is 0.368 e. The minimum Gasteiger partial charge on any atom is -0.368 e. The van der Waals surface area contributed by atoms with E-state index in [1.165, 1.54) is 5.56 Å². The van der Waals surface area contributed by atoms with E-state index in [0.29, 0.717) is 19.7 Å². The normalized spacial score (nSPS) is 16.5. The Balaban J connectivity index is 1.50. The first-order chi connectivity index (χ1) is 11.2. The highest BCUT2D eigenvalue weighted by Gasteiger charge is 2.26. The van der Waals surface area contributed by atoms with Crippen LogP contribution in [0.3, 0.4) is 0 Å². The molecular weight excluding hydrogens is 290 g/mol. The van der Waals surface area contributed by atoms with E-state index >= 15 is 0 Å². The lowest BCUT2D eigenvalue weighted by Crippen LogP contribution is -2.36. The van der Waals surface area contributed by atoms with Crippen LogP contribution < -0.4 is 10.6 Å². The summed E-state index contributed by atoms with van der Waals surface area (Å²) in [6.07, 6.45) is 0.359. The van der Waals surface area contributed by atoms with Crippen LogP contribution in [0.25, 0.3) is 0 Å². The Labute approximate surface area is 136 Å². The van der Waals surface area contributed by atoms with Crippen LogP contribution in [0, 0.1) is 6.92 Å². The number of amides is 1. The zero-order chi connectivity index (χ0) is 16.1. The number of carbonyl (C=O) groups excluding carboxylic acids is 1. The average molecular weight is 311 g/mol. The van der Waals surface area contributed by atoms with Crippen molar-refractivity contribution in [2.24, 2.45) is 0 Å². The number of carbonyl (C=O) groups is 1. The van der Waals surface area contributed by atoms with E-state index in [9.17, 15) is 4.79 Å². The Morgan fingerprint density at radius 1 is 1.22 bits per heavy atom. The van der Waals surface area contributed by atoms with Gasteiger partial charge in [0.2, 0.25) is 0 Å². The van der Waals surface area contributed by atoms with Crippen molar-refractivity contribution < 1.29 is 9.53 Å². The smallest absolute Gasteiger partial charge is 0.253 e. The highest BCUT2D eigenvalue weighted by Crippen LogP contribution is 2.26. The van der Waals surface area contributed by atoms with E-state index in [2.05, 4.69) is 21.7 Å². The van der Waals surface area contributed by atoms with Gasteiger partial charge in [0.1, 0.15) is 5.82 Å². The number of aromatic nitrogens is 1. The van der Waals surface area contributed by atoms with Crippen LogP contribution in [0.4, 0.5) is 5.82 Å². The van der Waals surface area contributed by atoms with Crippen molar-refractivity contribution in [1.29, 1.82) is 0 Å². The minimum atomic E-state index is -0.503. The van der Waals surface area contributed by atoms with E-state index in [1.807, 2.05) is 43.3 Å². The number of nitrogens with zero attached hydrogens (tertiary/aromatic N) is 1. The third-order valence-corrected chi connectivity index (χ3v) is 3.85. The molecule has 1 aliphatic heterocycles. The Morgan fingerprint density at radius 2 is 2.09 bits per heavy atom. The summed E-state index contributed by atoms with van der Waals surface area (Å²) in [7, 11) is 0. The Morgan fingerprint density at radius 3 is 2.96 bits per heavy atom. The van der Waals surface area contributed by atoms with Gasteiger partial charge in [-0.1, -0.05) is 30.3 Å². The highest BCUT2D eigenvalue weighted by molar-refractivity contribution is 5.82. The number of nitrogens with one attached hydrogen (secondary N) is 2. The number of rotatable bonds is 5. The van der Waals surface area contributed by atoms with Gasteiger partial charge in [-0.3, -0.25) is 4.79 Å². The molecule has 3 rings (SSSR count). The fraction of sp³-hybridized carbons (Fsp3) is 0.333. The number of hydrogen-bond acceptors (Lipinski definition) is 4.